The summed E-state index contributed by atoms with van der Waals surface area (Å²) in [5, 5.41) is 4.12. The van der Waals surface area contributed by atoms with Gasteiger partial charge in [-0.25, -0.2) is 19.6 Å². The predicted molar refractivity (Wildman–Crippen MR) is 159 cm³/mol. The quantitative estimate of drug-likeness (QED) is 0.206. The van der Waals surface area contributed by atoms with Gasteiger partial charge in [0.25, 0.3) is 0 Å². The zero-order chi connectivity index (χ0) is 34.8. The van der Waals surface area contributed by atoms with Crippen LogP contribution in [0.4, 0.5) is 41.9 Å². The lowest BCUT2D eigenvalue weighted by molar-refractivity contribution is -0.143. The van der Waals surface area contributed by atoms with Crippen molar-refractivity contribution in [2.45, 2.75) is 76.2 Å². The fraction of sp³-hybridized carbons (Fsp3) is 0.516. The van der Waals surface area contributed by atoms with Gasteiger partial charge in [0.2, 0.25) is 5.95 Å². The molecule has 11 nitrogen and oxygen atoms in total. The van der Waals surface area contributed by atoms with Crippen molar-refractivity contribution in [3.63, 3.8) is 0 Å². The van der Waals surface area contributed by atoms with E-state index in [0.29, 0.717) is 55.5 Å². The summed E-state index contributed by atoms with van der Waals surface area (Å²) in [6, 6.07) is 0.128. The molecule has 3 atom stereocenters. The highest BCUT2D eigenvalue weighted by Gasteiger charge is 2.43. The van der Waals surface area contributed by atoms with Crippen molar-refractivity contribution in [1.82, 2.24) is 29.5 Å². The molecule has 2 amide bonds. The number of carbonyl (C=O) groups is 2. The van der Waals surface area contributed by atoms with Crippen molar-refractivity contribution < 1.29 is 45.4 Å². The van der Waals surface area contributed by atoms with Crippen molar-refractivity contribution >= 4 is 18.1 Å². The molecule has 5 rings (SSSR count). The van der Waals surface area contributed by atoms with E-state index in [4.69, 9.17) is 4.74 Å². The lowest BCUT2D eigenvalue weighted by Gasteiger charge is -2.38. The molecule has 0 aliphatic carbocycles. The van der Waals surface area contributed by atoms with Crippen LogP contribution in [0, 0.1) is 0 Å². The summed E-state index contributed by atoms with van der Waals surface area (Å²) in [5.41, 5.74) is -1.82. The highest BCUT2D eigenvalue weighted by atomic mass is 19.4. The second-order valence-electron chi connectivity index (χ2n) is 11.8. The van der Waals surface area contributed by atoms with Crippen molar-refractivity contribution in [3.05, 3.63) is 59.7 Å². The van der Waals surface area contributed by atoms with Gasteiger partial charge in [-0.2, -0.15) is 31.4 Å². The van der Waals surface area contributed by atoms with Crippen molar-refractivity contribution in [3.8, 4) is 11.1 Å². The van der Waals surface area contributed by atoms with E-state index in [0.717, 1.165) is 13.5 Å². The number of rotatable bonds is 7. The number of ether oxygens (including phenoxy) is 2. The van der Waals surface area contributed by atoms with Crippen LogP contribution in [0.25, 0.3) is 11.1 Å². The van der Waals surface area contributed by atoms with E-state index in [9.17, 15) is 35.9 Å². The SMILES string of the molecule is CC[C@@H]1C[C@H](N(Cc2cc(C(F)(F)F)cc(C(F)(F)F)c2)c2ncc(-c3cnn(C)c3)cn2)CN1C(=O)N1CCCC[C@@H]1OC(=O)OC. The molecule has 0 unspecified atom stereocenters. The van der Waals surface area contributed by atoms with Gasteiger partial charge in [-0.1, -0.05) is 6.92 Å². The fourth-order valence-electron chi connectivity index (χ4n) is 6.16. The summed E-state index contributed by atoms with van der Waals surface area (Å²) in [4.78, 5) is 39.3. The molecule has 2 aromatic heterocycles. The Morgan fingerprint density at radius 3 is 2.19 bits per heavy atom. The largest absolute Gasteiger partial charge is 0.509 e. The number of halogens is 6. The highest BCUT2D eigenvalue weighted by Crippen LogP contribution is 2.38. The Bertz CT molecular complexity index is 1560. The molecule has 2 aliphatic rings. The number of hydrogen-bond acceptors (Lipinski definition) is 8. The average molecular weight is 684 g/mol. The second-order valence-corrected chi connectivity index (χ2v) is 11.8. The number of nitrogens with zero attached hydrogens (tertiary/aromatic N) is 7. The number of alkyl halides is 6. The summed E-state index contributed by atoms with van der Waals surface area (Å²) in [6.45, 7) is 1.86. The molecule has 0 saturated carbocycles. The summed E-state index contributed by atoms with van der Waals surface area (Å²) in [5.74, 6) is 0.0626. The van der Waals surface area contributed by atoms with Crippen LogP contribution in [0.3, 0.4) is 0 Å². The molecule has 2 aliphatic heterocycles. The Hall–Kier alpha value is -4.57. The first-order valence-electron chi connectivity index (χ1n) is 15.4. The number of aromatic nitrogens is 4. The Morgan fingerprint density at radius 2 is 1.62 bits per heavy atom. The molecular formula is C31H35F6N7O4. The standard InChI is InChI=1S/C31H35F6N7O4/c1-4-24-12-25(18-44(24)28(45)42-8-6-5-7-26(42)48-29(46)47-3)43(27-38-13-20(14-39-27)21-15-40-41(2)17-21)16-19-9-22(30(32,33)34)11-23(10-19)31(35,36)37/h9-11,13-15,17,24-26H,4-8,12,16,18H2,1-3H3/t24-,25+,26+/m1/s1. The van der Waals surface area contributed by atoms with E-state index in [1.807, 2.05) is 6.92 Å². The lowest BCUT2D eigenvalue weighted by atomic mass is 10.0. The van der Waals surface area contributed by atoms with Crippen LogP contribution in [-0.4, -0.2) is 80.2 Å². The number of urea groups is 1. The third kappa shape index (κ3) is 7.76. The fourth-order valence-corrected chi connectivity index (χ4v) is 6.16. The minimum Gasteiger partial charge on any atom is -0.438 e. The molecule has 17 heteroatoms. The second kappa shape index (κ2) is 13.9. The molecule has 4 heterocycles. The predicted octanol–water partition coefficient (Wildman–Crippen LogP) is 6.49. The molecule has 48 heavy (non-hydrogen) atoms. The minimum atomic E-state index is -5.02. The van der Waals surface area contributed by atoms with Crippen LogP contribution in [-0.2, 0) is 35.4 Å². The van der Waals surface area contributed by atoms with E-state index in [-0.39, 0.29) is 30.2 Å². The molecule has 2 fully saturated rings. The number of hydrogen-bond donors (Lipinski definition) is 0. The smallest absolute Gasteiger partial charge is 0.438 e. The molecular weight excluding hydrogens is 648 g/mol. The van der Waals surface area contributed by atoms with Gasteiger partial charge in [0.05, 0.1) is 30.5 Å². The van der Waals surface area contributed by atoms with Crippen molar-refractivity contribution in [1.29, 1.82) is 0 Å². The number of anilines is 1. The number of benzene rings is 1. The van der Waals surface area contributed by atoms with Gasteiger partial charge in [0, 0.05) is 68.9 Å². The van der Waals surface area contributed by atoms with Gasteiger partial charge in [-0.05, 0) is 49.4 Å². The van der Waals surface area contributed by atoms with Gasteiger partial charge in [-0.15, -0.1) is 0 Å². The topological polar surface area (TPSA) is 106 Å². The summed E-state index contributed by atoms with van der Waals surface area (Å²) < 4.78 is 94.1. The van der Waals surface area contributed by atoms with E-state index < -0.39 is 54.5 Å². The number of aryl methyl sites for hydroxylation is 1. The number of likely N-dealkylation sites (tertiary alicyclic amines) is 2. The maximum atomic E-state index is 13.9. The normalized spacial score (nSPS) is 20.1. The van der Waals surface area contributed by atoms with Crippen LogP contribution >= 0.6 is 0 Å². The van der Waals surface area contributed by atoms with Gasteiger partial charge < -0.3 is 19.3 Å². The van der Waals surface area contributed by atoms with Gasteiger partial charge in [0.1, 0.15) is 0 Å². The van der Waals surface area contributed by atoms with Crippen molar-refractivity contribution in [2.24, 2.45) is 7.05 Å². The van der Waals surface area contributed by atoms with E-state index >= 15 is 0 Å². The first-order chi connectivity index (χ1) is 22.7. The molecule has 2 saturated heterocycles. The van der Waals surface area contributed by atoms with Gasteiger partial charge in [0.15, 0.2) is 6.23 Å². The molecule has 0 bridgehead atoms. The number of amides is 2. The monoisotopic (exact) mass is 683 g/mol. The molecule has 0 N–H and O–H groups in total. The average Bonchev–Trinajstić information content (AvgIpc) is 3.69. The Morgan fingerprint density at radius 1 is 0.958 bits per heavy atom. The molecule has 0 radical (unpaired) electrons. The zero-order valence-corrected chi connectivity index (χ0v) is 26.5. The van der Waals surface area contributed by atoms with Crippen LogP contribution in [0.5, 0.6) is 0 Å². The van der Waals surface area contributed by atoms with Gasteiger partial charge >= 0.3 is 24.5 Å². The van der Waals surface area contributed by atoms with Crippen LogP contribution in [0.2, 0.25) is 0 Å². The molecule has 1 aromatic carbocycles. The third-order valence-electron chi connectivity index (χ3n) is 8.58. The van der Waals surface area contributed by atoms with E-state index in [1.165, 1.54) is 22.2 Å². The number of carbonyl (C=O) groups excluding carboxylic acids is 2. The Labute approximate surface area is 272 Å². The first kappa shape index (κ1) is 34.8. The van der Waals surface area contributed by atoms with Crippen LogP contribution < -0.4 is 4.90 Å². The maximum Gasteiger partial charge on any atom is 0.509 e. The third-order valence-corrected chi connectivity index (χ3v) is 8.58. The van der Waals surface area contributed by atoms with Crippen molar-refractivity contribution in [2.75, 3.05) is 25.1 Å². The Balaban J connectivity index is 1.50. The van der Waals surface area contributed by atoms with Crippen LogP contribution in [0.1, 0.15) is 55.7 Å². The van der Waals surface area contributed by atoms with E-state index in [2.05, 4.69) is 19.8 Å². The molecule has 3 aromatic rings. The lowest BCUT2D eigenvalue weighted by Crippen LogP contribution is -2.53. The summed E-state index contributed by atoms with van der Waals surface area (Å²) in [6.07, 6.45) is -2.83. The van der Waals surface area contributed by atoms with E-state index in [1.54, 1.807) is 29.0 Å². The maximum absolute atomic E-state index is 13.9. The zero-order valence-electron chi connectivity index (χ0n) is 26.5. The highest BCUT2D eigenvalue weighted by molar-refractivity contribution is 5.76. The number of piperidine rings is 1. The Kier molecular flexibility index (Phi) is 10.1. The molecule has 0 spiro atoms. The minimum absolute atomic E-state index is 0.0626. The number of methoxy groups -OCH3 is 1. The summed E-state index contributed by atoms with van der Waals surface area (Å²) >= 11 is 0. The first-order valence-corrected chi connectivity index (χ1v) is 15.4. The van der Waals surface area contributed by atoms with Crippen LogP contribution in [0.15, 0.2) is 43.0 Å². The summed E-state index contributed by atoms with van der Waals surface area (Å²) in [7, 11) is 2.90. The molecule has 260 valence electrons. The van der Waals surface area contributed by atoms with Gasteiger partial charge in [-0.3, -0.25) is 9.58 Å².